The van der Waals surface area contributed by atoms with Crippen LogP contribution in [-0.4, -0.2) is 28.7 Å². The van der Waals surface area contributed by atoms with Gasteiger partial charge in [-0.3, -0.25) is 0 Å². The SMILES string of the molecule is CC(C)(C)c1cccc(NC(=O)Nc2ccc3c(c2)CCN(C(=O)O)C3)c1. The Labute approximate surface area is 159 Å². The highest BCUT2D eigenvalue weighted by Crippen LogP contribution is 2.25. The van der Waals surface area contributed by atoms with Crippen LogP contribution in [0.3, 0.4) is 0 Å². The molecule has 2 aromatic rings. The summed E-state index contributed by atoms with van der Waals surface area (Å²) in [6.07, 6.45) is -0.258. The molecule has 6 heteroatoms. The van der Waals surface area contributed by atoms with E-state index in [1.165, 1.54) is 4.90 Å². The molecule has 3 amide bonds. The lowest BCUT2D eigenvalue weighted by Gasteiger charge is -2.26. The Kier molecular flexibility index (Phi) is 5.08. The number of carboxylic acid groups (broad SMARTS) is 1. The highest BCUT2D eigenvalue weighted by atomic mass is 16.4. The Bertz CT molecular complexity index is 871. The van der Waals surface area contributed by atoms with Gasteiger partial charge in [-0.1, -0.05) is 39.0 Å². The van der Waals surface area contributed by atoms with Gasteiger partial charge in [-0.05, 0) is 52.8 Å². The Balaban J connectivity index is 1.66. The molecule has 0 unspecified atom stereocenters. The van der Waals surface area contributed by atoms with Crippen molar-refractivity contribution in [3.05, 3.63) is 59.2 Å². The molecule has 0 saturated carbocycles. The van der Waals surface area contributed by atoms with E-state index in [1.807, 2.05) is 36.4 Å². The second-order valence-corrected chi connectivity index (χ2v) is 7.85. The molecule has 0 aliphatic carbocycles. The van der Waals surface area contributed by atoms with Gasteiger partial charge in [0.25, 0.3) is 0 Å². The van der Waals surface area contributed by atoms with E-state index in [0.717, 1.165) is 22.4 Å². The minimum absolute atomic E-state index is 0.0104. The fourth-order valence-corrected chi connectivity index (χ4v) is 3.15. The molecule has 1 aliphatic heterocycles. The molecule has 1 aliphatic rings. The molecule has 0 spiro atoms. The molecule has 3 N–H and O–H groups in total. The van der Waals surface area contributed by atoms with Crippen molar-refractivity contribution >= 4 is 23.5 Å². The lowest BCUT2D eigenvalue weighted by Crippen LogP contribution is -2.34. The van der Waals surface area contributed by atoms with Crippen LogP contribution in [0, 0.1) is 0 Å². The number of nitrogens with one attached hydrogen (secondary N) is 2. The van der Waals surface area contributed by atoms with E-state index in [-0.39, 0.29) is 11.4 Å². The summed E-state index contributed by atoms with van der Waals surface area (Å²) in [4.78, 5) is 24.8. The number of carbonyl (C=O) groups is 2. The number of hydrogen-bond acceptors (Lipinski definition) is 2. The van der Waals surface area contributed by atoms with Crippen molar-refractivity contribution in [3.63, 3.8) is 0 Å². The van der Waals surface area contributed by atoms with Crippen molar-refractivity contribution in [2.24, 2.45) is 0 Å². The highest BCUT2D eigenvalue weighted by molar-refractivity contribution is 5.99. The van der Waals surface area contributed by atoms with Crippen LogP contribution < -0.4 is 10.6 Å². The number of nitrogens with zero attached hydrogens (tertiary/aromatic N) is 1. The average molecular weight is 367 g/mol. The summed E-state index contributed by atoms with van der Waals surface area (Å²) in [6, 6.07) is 13.1. The van der Waals surface area contributed by atoms with Crippen molar-refractivity contribution < 1.29 is 14.7 Å². The zero-order valence-electron chi connectivity index (χ0n) is 15.9. The monoisotopic (exact) mass is 367 g/mol. The third kappa shape index (κ3) is 4.58. The van der Waals surface area contributed by atoms with E-state index in [1.54, 1.807) is 6.07 Å². The summed E-state index contributed by atoms with van der Waals surface area (Å²) in [5.74, 6) is 0. The summed E-state index contributed by atoms with van der Waals surface area (Å²) in [7, 11) is 0. The summed E-state index contributed by atoms with van der Waals surface area (Å²) in [6.45, 7) is 7.24. The van der Waals surface area contributed by atoms with Gasteiger partial charge in [-0.2, -0.15) is 0 Å². The summed E-state index contributed by atoms with van der Waals surface area (Å²) in [5, 5.41) is 14.8. The molecule has 3 rings (SSSR count). The number of amides is 3. The van der Waals surface area contributed by atoms with Crippen molar-refractivity contribution in [3.8, 4) is 0 Å². The number of hydrogen-bond donors (Lipinski definition) is 3. The lowest BCUT2D eigenvalue weighted by atomic mass is 9.87. The smallest absolute Gasteiger partial charge is 0.407 e. The minimum Gasteiger partial charge on any atom is -0.465 e. The van der Waals surface area contributed by atoms with Crippen molar-refractivity contribution in [2.45, 2.75) is 39.2 Å². The molecule has 0 atom stereocenters. The molecule has 0 bridgehead atoms. The predicted octanol–water partition coefficient (Wildman–Crippen LogP) is 4.66. The van der Waals surface area contributed by atoms with Gasteiger partial charge in [-0.15, -0.1) is 0 Å². The van der Waals surface area contributed by atoms with E-state index in [9.17, 15) is 9.59 Å². The largest absolute Gasteiger partial charge is 0.465 e. The lowest BCUT2D eigenvalue weighted by molar-refractivity contribution is 0.140. The van der Waals surface area contributed by atoms with Crippen LogP contribution in [0.15, 0.2) is 42.5 Å². The van der Waals surface area contributed by atoms with Crippen LogP contribution in [0.4, 0.5) is 21.0 Å². The molecule has 1 heterocycles. The van der Waals surface area contributed by atoms with Gasteiger partial charge in [0.1, 0.15) is 0 Å². The van der Waals surface area contributed by atoms with E-state index in [0.29, 0.717) is 25.2 Å². The molecular weight excluding hydrogens is 342 g/mol. The first kappa shape index (κ1) is 18.8. The van der Waals surface area contributed by atoms with Crippen molar-refractivity contribution in [1.82, 2.24) is 4.90 Å². The van der Waals surface area contributed by atoms with Crippen LogP contribution in [0.5, 0.6) is 0 Å². The van der Waals surface area contributed by atoms with Gasteiger partial charge < -0.3 is 20.6 Å². The molecule has 27 heavy (non-hydrogen) atoms. The Morgan fingerprint density at radius 1 is 1.00 bits per heavy atom. The van der Waals surface area contributed by atoms with Crippen LogP contribution in [-0.2, 0) is 18.4 Å². The summed E-state index contributed by atoms with van der Waals surface area (Å²) >= 11 is 0. The quantitative estimate of drug-likeness (QED) is 0.722. The third-order valence-corrected chi connectivity index (χ3v) is 4.73. The minimum atomic E-state index is -0.903. The van der Waals surface area contributed by atoms with E-state index in [4.69, 9.17) is 5.11 Å². The predicted molar refractivity (Wildman–Crippen MR) is 106 cm³/mol. The molecular formula is C21H25N3O3. The van der Waals surface area contributed by atoms with Gasteiger partial charge in [0.15, 0.2) is 0 Å². The Morgan fingerprint density at radius 3 is 2.37 bits per heavy atom. The number of fused-ring (bicyclic) bond motifs is 1. The molecule has 0 radical (unpaired) electrons. The zero-order chi connectivity index (χ0) is 19.6. The average Bonchev–Trinajstić information content (AvgIpc) is 2.60. The van der Waals surface area contributed by atoms with Crippen LogP contribution in [0.2, 0.25) is 0 Å². The van der Waals surface area contributed by atoms with Gasteiger partial charge in [-0.25, -0.2) is 9.59 Å². The van der Waals surface area contributed by atoms with E-state index in [2.05, 4.69) is 31.4 Å². The number of rotatable bonds is 2. The molecule has 0 aromatic heterocycles. The number of benzene rings is 2. The van der Waals surface area contributed by atoms with E-state index < -0.39 is 6.09 Å². The summed E-state index contributed by atoms with van der Waals surface area (Å²) < 4.78 is 0. The van der Waals surface area contributed by atoms with Gasteiger partial charge in [0.05, 0.1) is 0 Å². The van der Waals surface area contributed by atoms with Gasteiger partial charge in [0, 0.05) is 24.5 Å². The highest BCUT2D eigenvalue weighted by Gasteiger charge is 2.20. The van der Waals surface area contributed by atoms with Gasteiger partial charge in [0.2, 0.25) is 0 Å². The van der Waals surface area contributed by atoms with Crippen LogP contribution in [0.1, 0.15) is 37.5 Å². The number of carbonyl (C=O) groups excluding carboxylic acids is 1. The fraction of sp³-hybridized carbons (Fsp3) is 0.333. The van der Waals surface area contributed by atoms with Gasteiger partial charge >= 0.3 is 12.1 Å². The Morgan fingerprint density at radius 2 is 1.70 bits per heavy atom. The van der Waals surface area contributed by atoms with Crippen LogP contribution >= 0.6 is 0 Å². The fourth-order valence-electron chi connectivity index (χ4n) is 3.15. The zero-order valence-corrected chi connectivity index (χ0v) is 15.9. The van der Waals surface area contributed by atoms with E-state index >= 15 is 0 Å². The standard InChI is InChI=1S/C21H25N3O3/c1-21(2,3)16-5-4-6-17(12-16)22-19(25)23-18-8-7-15-13-24(20(26)27)10-9-14(15)11-18/h4-8,11-12H,9-10,13H2,1-3H3,(H,26,27)(H2,22,23,25). The number of urea groups is 1. The van der Waals surface area contributed by atoms with Crippen molar-refractivity contribution in [2.75, 3.05) is 17.2 Å². The summed E-state index contributed by atoms with van der Waals surface area (Å²) in [5.41, 5.74) is 4.65. The Hall–Kier alpha value is -3.02. The second kappa shape index (κ2) is 7.31. The number of anilines is 2. The molecule has 0 saturated heterocycles. The first-order valence-corrected chi connectivity index (χ1v) is 9.00. The second-order valence-electron chi connectivity index (χ2n) is 7.85. The maximum atomic E-state index is 12.3. The molecule has 0 fully saturated rings. The maximum Gasteiger partial charge on any atom is 0.407 e. The maximum absolute atomic E-state index is 12.3. The van der Waals surface area contributed by atoms with Crippen molar-refractivity contribution in [1.29, 1.82) is 0 Å². The first-order valence-electron chi connectivity index (χ1n) is 9.00. The van der Waals surface area contributed by atoms with Crippen LogP contribution in [0.25, 0.3) is 0 Å². The molecule has 2 aromatic carbocycles. The first-order chi connectivity index (χ1) is 12.7. The normalized spacial score (nSPS) is 13.7. The molecule has 6 nitrogen and oxygen atoms in total. The topological polar surface area (TPSA) is 81.7 Å². The molecule has 142 valence electrons. The third-order valence-electron chi connectivity index (χ3n) is 4.73.